The van der Waals surface area contributed by atoms with Crippen LogP contribution in [0.15, 0.2) is 24.0 Å². The quantitative estimate of drug-likeness (QED) is 0.922. The number of nitrogens with one attached hydrogen (secondary N) is 1. The van der Waals surface area contributed by atoms with E-state index in [2.05, 4.69) is 20.3 Å². The van der Waals surface area contributed by atoms with Gasteiger partial charge in [0.2, 0.25) is 5.91 Å². The lowest BCUT2D eigenvalue weighted by Crippen LogP contribution is -2.47. The Morgan fingerprint density at radius 2 is 2.38 bits per heavy atom. The minimum Gasteiger partial charge on any atom is -0.367 e. The number of hydrogen-bond acceptors (Lipinski definition) is 6. The van der Waals surface area contributed by atoms with E-state index in [1.165, 1.54) is 0 Å². The first-order valence-electron chi connectivity index (χ1n) is 8.33. The lowest BCUT2D eigenvalue weighted by Gasteiger charge is -2.45. The zero-order valence-corrected chi connectivity index (χ0v) is 14.6. The van der Waals surface area contributed by atoms with Crippen molar-refractivity contribution >= 4 is 23.1 Å². The number of hydrogen-bond donors (Lipinski definition) is 1. The molecule has 4 rings (SSSR count). The molecule has 2 aliphatic rings. The van der Waals surface area contributed by atoms with Gasteiger partial charge in [0.15, 0.2) is 0 Å². The molecule has 2 aromatic rings. The Morgan fingerprint density at radius 3 is 3.08 bits per heavy atom. The Bertz CT molecular complexity index is 726. The summed E-state index contributed by atoms with van der Waals surface area (Å²) in [5.41, 5.74) is 1.21. The highest BCUT2D eigenvalue weighted by molar-refractivity contribution is 7.09. The summed E-state index contributed by atoms with van der Waals surface area (Å²) in [5.74, 6) is 1.10. The number of aromatic nitrogens is 3. The highest BCUT2D eigenvalue weighted by Gasteiger charge is 2.49. The fourth-order valence-corrected chi connectivity index (χ4v) is 4.52. The molecule has 0 bridgehead atoms. The van der Waals surface area contributed by atoms with E-state index < -0.39 is 0 Å². The van der Waals surface area contributed by atoms with Gasteiger partial charge in [-0.3, -0.25) is 4.79 Å². The standard InChI is InChI=1S/C17H21N5OS/c1-12-20-13(9-24-12)6-16(23)22-5-3-17(10-22)7-14(8-17)21-15-2-4-18-11-19-15/h2,4,9,11,14H,3,5-8,10H2,1H3,(H,18,19,21). The van der Waals surface area contributed by atoms with E-state index in [1.54, 1.807) is 23.9 Å². The van der Waals surface area contributed by atoms with Crippen LogP contribution in [-0.4, -0.2) is 44.9 Å². The van der Waals surface area contributed by atoms with E-state index in [0.29, 0.717) is 17.9 Å². The van der Waals surface area contributed by atoms with Crippen LogP contribution in [0.2, 0.25) is 0 Å². The number of carbonyl (C=O) groups excluding carboxylic acids is 1. The second kappa shape index (κ2) is 6.12. The van der Waals surface area contributed by atoms with Crippen LogP contribution in [-0.2, 0) is 11.2 Å². The number of amides is 1. The molecule has 6 nitrogen and oxygen atoms in total. The lowest BCUT2D eigenvalue weighted by atomic mass is 9.65. The predicted octanol–water partition coefficient (Wildman–Crippen LogP) is 2.28. The number of anilines is 1. The molecule has 2 fully saturated rings. The van der Waals surface area contributed by atoms with E-state index in [4.69, 9.17) is 0 Å². The van der Waals surface area contributed by atoms with Crippen LogP contribution < -0.4 is 5.32 Å². The molecule has 1 amide bonds. The van der Waals surface area contributed by atoms with Crippen LogP contribution in [0.4, 0.5) is 5.82 Å². The van der Waals surface area contributed by atoms with Gasteiger partial charge < -0.3 is 10.2 Å². The summed E-state index contributed by atoms with van der Waals surface area (Å²) in [6.07, 6.45) is 7.07. The fraction of sp³-hybridized carbons (Fsp3) is 0.529. The van der Waals surface area contributed by atoms with Gasteiger partial charge in [-0.25, -0.2) is 15.0 Å². The number of aryl methyl sites for hydroxylation is 1. The van der Waals surface area contributed by atoms with E-state index in [1.807, 2.05) is 23.3 Å². The van der Waals surface area contributed by atoms with Crippen molar-refractivity contribution in [2.75, 3.05) is 18.4 Å². The van der Waals surface area contributed by atoms with E-state index in [9.17, 15) is 4.79 Å². The Labute approximate surface area is 145 Å². The summed E-state index contributed by atoms with van der Waals surface area (Å²) in [4.78, 5) is 27.1. The van der Waals surface area contributed by atoms with Crippen molar-refractivity contribution in [1.29, 1.82) is 0 Å². The first-order valence-corrected chi connectivity index (χ1v) is 9.21. The van der Waals surface area contributed by atoms with Gasteiger partial charge in [0.1, 0.15) is 12.1 Å². The van der Waals surface area contributed by atoms with Gasteiger partial charge in [0.05, 0.1) is 17.1 Å². The lowest BCUT2D eigenvalue weighted by molar-refractivity contribution is -0.130. The molecule has 24 heavy (non-hydrogen) atoms. The number of likely N-dealkylation sites (tertiary alicyclic amines) is 1. The molecule has 7 heteroatoms. The van der Waals surface area contributed by atoms with Crippen molar-refractivity contribution in [2.24, 2.45) is 5.41 Å². The van der Waals surface area contributed by atoms with Crippen LogP contribution in [0, 0.1) is 12.3 Å². The van der Waals surface area contributed by atoms with Crippen molar-refractivity contribution in [3.63, 3.8) is 0 Å². The molecule has 0 unspecified atom stereocenters. The Balaban J connectivity index is 1.29. The number of thiazole rings is 1. The van der Waals surface area contributed by atoms with Crippen LogP contribution in [0.25, 0.3) is 0 Å². The van der Waals surface area contributed by atoms with Gasteiger partial charge in [-0.05, 0) is 37.7 Å². The molecule has 1 aliphatic carbocycles. The van der Waals surface area contributed by atoms with Crippen molar-refractivity contribution in [3.05, 3.63) is 34.7 Å². The topological polar surface area (TPSA) is 71.0 Å². The Hall–Kier alpha value is -2.02. The van der Waals surface area contributed by atoms with Crippen molar-refractivity contribution in [2.45, 2.75) is 38.6 Å². The van der Waals surface area contributed by atoms with E-state index in [-0.39, 0.29) is 5.91 Å². The smallest absolute Gasteiger partial charge is 0.228 e. The van der Waals surface area contributed by atoms with Gasteiger partial charge in [-0.1, -0.05) is 0 Å². The minimum absolute atomic E-state index is 0.212. The largest absolute Gasteiger partial charge is 0.367 e. The molecule has 126 valence electrons. The van der Waals surface area contributed by atoms with Crippen molar-refractivity contribution in [3.8, 4) is 0 Å². The van der Waals surface area contributed by atoms with Crippen molar-refractivity contribution < 1.29 is 4.79 Å². The molecule has 2 aromatic heterocycles. The monoisotopic (exact) mass is 343 g/mol. The first-order chi connectivity index (χ1) is 11.6. The zero-order valence-electron chi connectivity index (χ0n) is 13.7. The predicted molar refractivity (Wildman–Crippen MR) is 92.9 cm³/mol. The van der Waals surface area contributed by atoms with Gasteiger partial charge >= 0.3 is 0 Å². The first kappa shape index (κ1) is 15.5. The summed E-state index contributed by atoms with van der Waals surface area (Å²) in [7, 11) is 0. The SMILES string of the molecule is Cc1nc(CC(=O)N2CCC3(CC(Nc4ccncn4)C3)C2)cs1. The minimum atomic E-state index is 0.212. The molecule has 1 spiro atoms. The molecule has 1 saturated carbocycles. The Kier molecular flexibility index (Phi) is 3.96. The Morgan fingerprint density at radius 1 is 1.50 bits per heavy atom. The fourth-order valence-electron chi connectivity index (χ4n) is 3.91. The summed E-state index contributed by atoms with van der Waals surface area (Å²) < 4.78 is 0. The van der Waals surface area contributed by atoms with Crippen LogP contribution in [0.5, 0.6) is 0 Å². The number of rotatable bonds is 4. The second-order valence-corrected chi connectivity index (χ2v) is 8.01. The normalized spacial score (nSPS) is 25.7. The molecule has 0 radical (unpaired) electrons. The summed E-state index contributed by atoms with van der Waals surface area (Å²) in [5, 5.41) is 6.46. The molecule has 1 N–H and O–H groups in total. The van der Waals surface area contributed by atoms with E-state index >= 15 is 0 Å². The highest BCUT2D eigenvalue weighted by atomic mass is 32.1. The summed E-state index contributed by atoms with van der Waals surface area (Å²) in [6.45, 7) is 3.74. The average Bonchev–Trinajstić information content (AvgIpc) is 3.15. The van der Waals surface area contributed by atoms with Crippen LogP contribution >= 0.6 is 11.3 Å². The maximum atomic E-state index is 12.5. The van der Waals surface area contributed by atoms with Crippen LogP contribution in [0.1, 0.15) is 30.0 Å². The van der Waals surface area contributed by atoms with Gasteiger partial charge in [0, 0.05) is 30.7 Å². The summed E-state index contributed by atoms with van der Waals surface area (Å²) >= 11 is 1.61. The molecule has 0 atom stereocenters. The summed E-state index contributed by atoms with van der Waals surface area (Å²) in [6, 6.07) is 2.35. The molecule has 1 saturated heterocycles. The molecular weight excluding hydrogens is 322 g/mol. The van der Waals surface area contributed by atoms with Crippen LogP contribution in [0.3, 0.4) is 0 Å². The van der Waals surface area contributed by atoms with Gasteiger partial charge in [-0.15, -0.1) is 11.3 Å². The molecular formula is C17H21N5OS. The van der Waals surface area contributed by atoms with Gasteiger partial charge in [0.25, 0.3) is 0 Å². The zero-order chi connectivity index (χ0) is 16.6. The van der Waals surface area contributed by atoms with E-state index in [0.717, 1.165) is 48.9 Å². The average molecular weight is 343 g/mol. The number of nitrogens with zero attached hydrogens (tertiary/aromatic N) is 4. The van der Waals surface area contributed by atoms with Crippen molar-refractivity contribution in [1.82, 2.24) is 19.9 Å². The maximum absolute atomic E-state index is 12.5. The third-order valence-electron chi connectivity index (χ3n) is 5.08. The molecule has 1 aliphatic heterocycles. The molecule has 3 heterocycles. The number of carbonyl (C=O) groups is 1. The molecule has 0 aromatic carbocycles. The maximum Gasteiger partial charge on any atom is 0.228 e. The van der Waals surface area contributed by atoms with Gasteiger partial charge in [-0.2, -0.15) is 0 Å². The third kappa shape index (κ3) is 3.13. The second-order valence-electron chi connectivity index (χ2n) is 6.94. The highest BCUT2D eigenvalue weighted by Crippen LogP contribution is 2.49. The third-order valence-corrected chi connectivity index (χ3v) is 5.91.